The first-order valence-electron chi connectivity index (χ1n) is 10.4. The second kappa shape index (κ2) is 8.09. The standard InChI is InChI=1S/C26H19N5O2/c1-16-8-3-6-12-22(16)33-25-19(26(32)31-13-7-9-17(2)24(31)30-25)14-18(15-27)23-28-20-10-4-5-11-21(20)29-23/h3-14H,1-2H3,(H,28,29). The molecule has 3 aromatic heterocycles. The molecule has 0 radical (unpaired) electrons. The van der Waals surface area contributed by atoms with Crippen LogP contribution >= 0.6 is 0 Å². The van der Waals surface area contributed by atoms with Gasteiger partial charge in [-0.05, 0) is 55.3 Å². The van der Waals surface area contributed by atoms with Crippen LogP contribution in [-0.4, -0.2) is 19.4 Å². The lowest BCUT2D eigenvalue weighted by molar-refractivity contribution is 0.457. The van der Waals surface area contributed by atoms with Crippen molar-refractivity contribution in [1.82, 2.24) is 19.4 Å². The molecule has 0 unspecified atom stereocenters. The Balaban J connectivity index is 1.74. The highest BCUT2D eigenvalue weighted by Gasteiger charge is 2.18. The quantitative estimate of drug-likeness (QED) is 0.400. The lowest BCUT2D eigenvalue weighted by Crippen LogP contribution is -2.19. The van der Waals surface area contributed by atoms with Crippen molar-refractivity contribution in [3.8, 4) is 17.7 Å². The van der Waals surface area contributed by atoms with Crippen molar-refractivity contribution in [3.05, 3.63) is 99.7 Å². The zero-order chi connectivity index (χ0) is 22.9. The van der Waals surface area contributed by atoms with Crippen molar-refractivity contribution in [2.75, 3.05) is 0 Å². The molecule has 0 atom stereocenters. The summed E-state index contributed by atoms with van der Waals surface area (Å²) < 4.78 is 7.57. The first-order valence-corrected chi connectivity index (χ1v) is 10.4. The van der Waals surface area contributed by atoms with Crippen LogP contribution in [-0.2, 0) is 0 Å². The number of H-pyrrole nitrogens is 1. The van der Waals surface area contributed by atoms with E-state index in [0.717, 1.165) is 22.2 Å². The van der Waals surface area contributed by atoms with Crippen molar-refractivity contribution in [1.29, 1.82) is 5.26 Å². The van der Waals surface area contributed by atoms with Crippen LogP contribution in [0, 0.1) is 25.2 Å². The Morgan fingerprint density at radius 2 is 1.79 bits per heavy atom. The molecule has 0 saturated heterocycles. The summed E-state index contributed by atoms with van der Waals surface area (Å²) >= 11 is 0. The Bertz CT molecular complexity index is 1620. The van der Waals surface area contributed by atoms with Crippen molar-refractivity contribution in [2.24, 2.45) is 0 Å². The number of hydrogen-bond acceptors (Lipinski definition) is 5. The normalized spacial score (nSPS) is 11.6. The van der Waals surface area contributed by atoms with Gasteiger partial charge in [0, 0.05) is 6.20 Å². The number of para-hydroxylation sites is 3. The van der Waals surface area contributed by atoms with Crippen molar-refractivity contribution < 1.29 is 4.74 Å². The predicted molar refractivity (Wildman–Crippen MR) is 127 cm³/mol. The van der Waals surface area contributed by atoms with Crippen LogP contribution in [0.3, 0.4) is 0 Å². The SMILES string of the molecule is Cc1ccccc1Oc1nc2c(C)cccn2c(=O)c1C=C(C#N)c1nc2ccccc2[nH]1. The van der Waals surface area contributed by atoms with Crippen molar-refractivity contribution >= 4 is 28.3 Å². The number of ether oxygens (including phenoxy) is 1. The largest absolute Gasteiger partial charge is 0.438 e. The zero-order valence-electron chi connectivity index (χ0n) is 18.0. The summed E-state index contributed by atoms with van der Waals surface area (Å²) in [5, 5.41) is 9.89. The van der Waals surface area contributed by atoms with Gasteiger partial charge in [0.2, 0.25) is 5.88 Å². The third-order valence-corrected chi connectivity index (χ3v) is 5.40. The second-order valence-corrected chi connectivity index (χ2v) is 7.66. The van der Waals surface area contributed by atoms with E-state index in [9.17, 15) is 10.1 Å². The van der Waals surface area contributed by atoms with E-state index in [1.165, 1.54) is 10.5 Å². The summed E-state index contributed by atoms with van der Waals surface area (Å²) in [5.41, 5.74) is 3.78. The number of fused-ring (bicyclic) bond motifs is 2. The topological polar surface area (TPSA) is 96.1 Å². The van der Waals surface area contributed by atoms with Gasteiger partial charge in [0.1, 0.15) is 28.9 Å². The van der Waals surface area contributed by atoms with Gasteiger partial charge in [-0.25, -0.2) is 4.98 Å². The smallest absolute Gasteiger partial charge is 0.269 e. The molecule has 5 aromatic rings. The number of aromatic nitrogens is 4. The Labute approximate surface area is 189 Å². The van der Waals surface area contributed by atoms with Crippen LogP contribution in [0.4, 0.5) is 0 Å². The number of hydrogen-bond donors (Lipinski definition) is 1. The molecular formula is C26H19N5O2. The molecule has 5 rings (SSSR count). The molecule has 7 heteroatoms. The van der Waals surface area contributed by atoms with Crippen molar-refractivity contribution in [3.63, 3.8) is 0 Å². The van der Waals surface area contributed by atoms with Crippen LogP contribution in [0.5, 0.6) is 11.6 Å². The molecular weight excluding hydrogens is 414 g/mol. The lowest BCUT2D eigenvalue weighted by atomic mass is 10.1. The number of imidazole rings is 1. The predicted octanol–water partition coefficient (Wildman–Crippen LogP) is 5.04. The Morgan fingerprint density at radius 3 is 2.58 bits per heavy atom. The van der Waals surface area contributed by atoms with Gasteiger partial charge in [0.15, 0.2) is 0 Å². The molecule has 0 aliphatic carbocycles. The maximum Gasteiger partial charge on any atom is 0.269 e. The lowest BCUT2D eigenvalue weighted by Gasteiger charge is -2.12. The fraction of sp³-hybridized carbons (Fsp3) is 0.0769. The van der Waals surface area contributed by atoms with Gasteiger partial charge in [-0.1, -0.05) is 36.4 Å². The number of aryl methyl sites for hydroxylation is 2. The fourth-order valence-electron chi connectivity index (χ4n) is 3.65. The Hall–Kier alpha value is -4.70. The second-order valence-electron chi connectivity index (χ2n) is 7.66. The van der Waals surface area contributed by atoms with E-state index in [2.05, 4.69) is 21.0 Å². The maximum absolute atomic E-state index is 13.5. The van der Waals surface area contributed by atoms with Gasteiger partial charge >= 0.3 is 0 Å². The van der Waals surface area contributed by atoms with Crippen LogP contribution in [0.2, 0.25) is 0 Å². The average Bonchev–Trinajstić information content (AvgIpc) is 3.25. The molecule has 33 heavy (non-hydrogen) atoms. The van der Waals surface area contributed by atoms with E-state index < -0.39 is 0 Å². The molecule has 1 N–H and O–H groups in total. The number of allylic oxidation sites excluding steroid dienone is 1. The molecule has 0 spiro atoms. The molecule has 0 aliphatic rings. The highest BCUT2D eigenvalue weighted by molar-refractivity contribution is 5.91. The third kappa shape index (κ3) is 3.64. The van der Waals surface area contributed by atoms with E-state index in [1.807, 2.05) is 68.4 Å². The number of aromatic amines is 1. The molecule has 0 saturated carbocycles. The highest BCUT2D eigenvalue weighted by atomic mass is 16.5. The first kappa shape index (κ1) is 20.2. The van der Waals surface area contributed by atoms with E-state index in [-0.39, 0.29) is 22.6 Å². The van der Waals surface area contributed by atoms with Gasteiger partial charge in [-0.3, -0.25) is 9.20 Å². The number of rotatable bonds is 4. The minimum atomic E-state index is -0.337. The summed E-state index contributed by atoms with van der Waals surface area (Å²) in [5.74, 6) is 1.08. The van der Waals surface area contributed by atoms with Gasteiger partial charge in [0.05, 0.1) is 16.6 Å². The van der Waals surface area contributed by atoms with Crippen LogP contribution in [0.25, 0.3) is 28.3 Å². The Kier molecular flexibility index (Phi) is 4.96. The monoisotopic (exact) mass is 433 g/mol. The number of nitriles is 1. The molecule has 3 heterocycles. The number of nitrogens with zero attached hydrogens (tertiary/aromatic N) is 4. The zero-order valence-corrected chi connectivity index (χ0v) is 18.0. The van der Waals surface area contributed by atoms with E-state index in [4.69, 9.17) is 4.74 Å². The van der Waals surface area contributed by atoms with Crippen LogP contribution in [0.15, 0.2) is 71.7 Å². The van der Waals surface area contributed by atoms with Crippen LogP contribution < -0.4 is 10.3 Å². The summed E-state index contributed by atoms with van der Waals surface area (Å²) in [6.45, 7) is 3.79. The average molecular weight is 433 g/mol. The maximum atomic E-state index is 13.5. The summed E-state index contributed by atoms with van der Waals surface area (Å²) in [6.07, 6.45) is 3.13. The molecule has 0 fully saturated rings. The van der Waals surface area contributed by atoms with Gasteiger partial charge in [-0.2, -0.15) is 10.2 Å². The molecule has 0 amide bonds. The van der Waals surface area contributed by atoms with Gasteiger partial charge < -0.3 is 9.72 Å². The molecule has 7 nitrogen and oxygen atoms in total. The summed E-state index contributed by atoms with van der Waals surface area (Å²) in [7, 11) is 0. The highest BCUT2D eigenvalue weighted by Crippen LogP contribution is 2.28. The number of benzene rings is 2. The van der Waals surface area contributed by atoms with E-state index in [1.54, 1.807) is 12.3 Å². The molecule has 0 aliphatic heterocycles. The molecule has 0 bridgehead atoms. The number of pyridine rings is 1. The van der Waals surface area contributed by atoms with E-state index in [0.29, 0.717) is 17.2 Å². The summed E-state index contributed by atoms with van der Waals surface area (Å²) in [6, 6.07) is 20.8. The van der Waals surface area contributed by atoms with Gasteiger partial charge in [0.25, 0.3) is 5.56 Å². The minimum absolute atomic E-state index is 0.132. The third-order valence-electron chi connectivity index (χ3n) is 5.40. The summed E-state index contributed by atoms with van der Waals surface area (Å²) in [4.78, 5) is 25.8. The fourth-order valence-corrected chi connectivity index (χ4v) is 3.65. The Morgan fingerprint density at radius 1 is 1.03 bits per heavy atom. The van der Waals surface area contributed by atoms with E-state index >= 15 is 0 Å². The number of nitrogens with one attached hydrogen (secondary N) is 1. The molecule has 160 valence electrons. The molecule has 2 aromatic carbocycles. The first-order chi connectivity index (χ1) is 16.0. The van der Waals surface area contributed by atoms with Crippen LogP contribution in [0.1, 0.15) is 22.5 Å². The minimum Gasteiger partial charge on any atom is -0.438 e. The van der Waals surface area contributed by atoms with Crippen molar-refractivity contribution in [2.45, 2.75) is 13.8 Å². The van der Waals surface area contributed by atoms with Gasteiger partial charge in [-0.15, -0.1) is 0 Å².